The van der Waals surface area contributed by atoms with Crippen molar-refractivity contribution in [2.45, 2.75) is 38.3 Å². The molecule has 0 aromatic carbocycles. The molecule has 1 aliphatic heterocycles. The quantitative estimate of drug-likeness (QED) is 0.881. The van der Waals surface area contributed by atoms with E-state index < -0.39 is 24.9 Å². The summed E-state index contributed by atoms with van der Waals surface area (Å²) in [6.07, 6.45) is 0.554. The lowest BCUT2D eigenvalue weighted by molar-refractivity contribution is -0.123. The number of alkyl halides is 2. The molecule has 0 radical (unpaired) electrons. The van der Waals surface area contributed by atoms with E-state index in [4.69, 9.17) is 0 Å². The van der Waals surface area contributed by atoms with E-state index >= 15 is 0 Å². The molecule has 1 saturated heterocycles. The highest BCUT2D eigenvalue weighted by Gasteiger charge is 2.42. The lowest BCUT2D eigenvalue weighted by Gasteiger charge is -2.10. The van der Waals surface area contributed by atoms with Crippen molar-refractivity contribution in [2.75, 3.05) is 6.54 Å². The van der Waals surface area contributed by atoms with Crippen molar-refractivity contribution in [1.82, 2.24) is 10.6 Å². The maximum atomic E-state index is 12.9. The minimum absolute atomic E-state index is 0.348. The number of carbonyl (C=O) groups is 1. The van der Waals surface area contributed by atoms with Gasteiger partial charge in [0.2, 0.25) is 5.91 Å². The number of carbonyl (C=O) groups excluding carboxylic acids is 1. The van der Waals surface area contributed by atoms with E-state index in [-0.39, 0.29) is 5.91 Å². The highest BCUT2D eigenvalue weighted by Crippen LogP contribution is 2.25. The van der Waals surface area contributed by atoms with Gasteiger partial charge in [0.05, 0.1) is 19.1 Å². The van der Waals surface area contributed by atoms with E-state index in [1.54, 1.807) is 11.3 Å². The molecule has 1 aromatic rings. The van der Waals surface area contributed by atoms with E-state index in [0.717, 1.165) is 11.3 Å². The van der Waals surface area contributed by atoms with Crippen LogP contribution in [0.1, 0.15) is 23.1 Å². The molecule has 0 spiro atoms. The van der Waals surface area contributed by atoms with Crippen molar-refractivity contribution in [3.8, 4) is 0 Å². The first-order valence-electron chi connectivity index (χ1n) is 5.97. The SMILES string of the molecule is CCc1ccc(CNC(=O)C2CC(F)(F)CN2)s1. The summed E-state index contributed by atoms with van der Waals surface area (Å²) < 4.78 is 25.9. The molecule has 1 amide bonds. The molecule has 2 heterocycles. The Morgan fingerprint density at radius 2 is 2.28 bits per heavy atom. The zero-order valence-corrected chi connectivity index (χ0v) is 10.9. The summed E-state index contributed by atoms with van der Waals surface area (Å²) in [5.74, 6) is -3.11. The smallest absolute Gasteiger partial charge is 0.262 e. The van der Waals surface area contributed by atoms with Gasteiger partial charge < -0.3 is 5.32 Å². The van der Waals surface area contributed by atoms with Crippen LogP contribution >= 0.6 is 11.3 Å². The van der Waals surface area contributed by atoms with Gasteiger partial charge in [-0.3, -0.25) is 10.1 Å². The van der Waals surface area contributed by atoms with Gasteiger partial charge >= 0.3 is 0 Å². The molecule has 1 aliphatic rings. The second-order valence-corrected chi connectivity index (χ2v) is 5.69. The molecule has 2 N–H and O–H groups in total. The van der Waals surface area contributed by atoms with Crippen molar-refractivity contribution >= 4 is 17.2 Å². The Labute approximate surface area is 109 Å². The Morgan fingerprint density at radius 3 is 2.83 bits per heavy atom. The lowest BCUT2D eigenvalue weighted by atomic mass is 10.2. The normalized spacial score (nSPS) is 22.1. The molecule has 100 valence electrons. The monoisotopic (exact) mass is 274 g/mol. The summed E-state index contributed by atoms with van der Waals surface area (Å²) >= 11 is 1.63. The zero-order valence-electron chi connectivity index (χ0n) is 10.1. The Kier molecular flexibility index (Phi) is 3.97. The topological polar surface area (TPSA) is 41.1 Å². The van der Waals surface area contributed by atoms with Crippen molar-refractivity contribution in [3.63, 3.8) is 0 Å². The molecule has 3 nitrogen and oxygen atoms in total. The maximum absolute atomic E-state index is 12.9. The largest absolute Gasteiger partial charge is 0.350 e. The van der Waals surface area contributed by atoms with Crippen LogP contribution in [-0.4, -0.2) is 24.4 Å². The predicted octanol–water partition coefficient (Wildman–Crippen LogP) is 1.92. The van der Waals surface area contributed by atoms with Crippen LogP contribution in [0.15, 0.2) is 12.1 Å². The number of rotatable bonds is 4. The molecule has 18 heavy (non-hydrogen) atoms. The second-order valence-electron chi connectivity index (χ2n) is 4.43. The van der Waals surface area contributed by atoms with Crippen LogP contribution in [0.2, 0.25) is 0 Å². The third kappa shape index (κ3) is 3.26. The number of hydrogen-bond acceptors (Lipinski definition) is 3. The molecule has 0 saturated carbocycles. The van der Waals surface area contributed by atoms with Crippen LogP contribution in [-0.2, 0) is 17.8 Å². The van der Waals surface area contributed by atoms with E-state index in [2.05, 4.69) is 17.6 Å². The molecular formula is C12H16F2N2OS. The van der Waals surface area contributed by atoms with Crippen LogP contribution < -0.4 is 10.6 Å². The van der Waals surface area contributed by atoms with Crippen LogP contribution in [0.4, 0.5) is 8.78 Å². The van der Waals surface area contributed by atoms with Crippen LogP contribution in [0.25, 0.3) is 0 Å². The van der Waals surface area contributed by atoms with E-state index in [1.165, 1.54) is 4.88 Å². The Balaban J connectivity index is 1.82. The highest BCUT2D eigenvalue weighted by molar-refractivity contribution is 7.11. The molecule has 1 fully saturated rings. The first-order valence-corrected chi connectivity index (χ1v) is 6.78. The van der Waals surface area contributed by atoms with Gasteiger partial charge in [-0.2, -0.15) is 0 Å². The van der Waals surface area contributed by atoms with Gasteiger partial charge in [-0.25, -0.2) is 8.78 Å². The van der Waals surface area contributed by atoms with Gasteiger partial charge in [-0.1, -0.05) is 6.92 Å². The molecule has 0 bridgehead atoms. The van der Waals surface area contributed by atoms with Gasteiger partial charge in [-0.05, 0) is 18.6 Å². The van der Waals surface area contributed by atoms with Crippen LogP contribution in [0.5, 0.6) is 0 Å². The molecule has 1 aromatic heterocycles. The maximum Gasteiger partial charge on any atom is 0.262 e. The lowest BCUT2D eigenvalue weighted by Crippen LogP contribution is -2.39. The van der Waals surface area contributed by atoms with Crippen molar-refractivity contribution in [3.05, 3.63) is 21.9 Å². The molecule has 0 aliphatic carbocycles. The third-order valence-corrected chi connectivity index (χ3v) is 4.16. The third-order valence-electron chi connectivity index (χ3n) is 2.93. The molecule has 1 atom stereocenters. The Morgan fingerprint density at radius 1 is 1.56 bits per heavy atom. The average molecular weight is 274 g/mol. The van der Waals surface area contributed by atoms with Gasteiger partial charge in [-0.15, -0.1) is 11.3 Å². The minimum atomic E-state index is -2.76. The van der Waals surface area contributed by atoms with Crippen LogP contribution in [0.3, 0.4) is 0 Å². The molecule has 1 unspecified atom stereocenters. The van der Waals surface area contributed by atoms with Gasteiger partial charge in [0, 0.05) is 16.2 Å². The summed E-state index contributed by atoms with van der Waals surface area (Å²) in [6, 6.07) is 3.21. The number of aryl methyl sites for hydroxylation is 1. The number of halogens is 2. The summed E-state index contributed by atoms with van der Waals surface area (Å²) in [6.45, 7) is 2.07. The van der Waals surface area contributed by atoms with E-state index in [1.807, 2.05) is 12.1 Å². The summed E-state index contributed by atoms with van der Waals surface area (Å²) in [7, 11) is 0. The zero-order chi connectivity index (χ0) is 13.2. The number of nitrogens with one attached hydrogen (secondary N) is 2. The van der Waals surface area contributed by atoms with Gasteiger partial charge in [0.15, 0.2) is 0 Å². The minimum Gasteiger partial charge on any atom is -0.350 e. The summed E-state index contributed by atoms with van der Waals surface area (Å²) in [5.41, 5.74) is 0. The average Bonchev–Trinajstić information content (AvgIpc) is 2.92. The summed E-state index contributed by atoms with van der Waals surface area (Å²) in [4.78, 5) is 14.0. The van der Waals surface area contributed by atoms with Crippen molar-refractivity contribution < 1.29 is 13.6 Å². The Hall–Kier alpha value is -1.01. The predicted molar refractivity (Wildman–Crippen MR) is 66.9 cm³/mol. The number of thiophene rings is 1. The molecule has 2 rings (SSSR count). The van der Waals surface area contributed by atoms with Gasteiger partial charge in [0.25, 0.3) is 5.92 Å². The fourth-order valence-corrected chi connectivity index (χ4v) is 2.80. The standard InChI is InChI=1S/C12H16F2N2OS/c1-2-8-3-4-9(18-8)6-15-11(17)10-5-12(13,14)7-16-10/h3-4,10,16H,2,5-7H2,1H3,(H,15,17). The second kappa shape index (κ2) is 5.32. The molecule has 6 heteroatoms. The fourth-order valence-electron chi connectivity index (χ4n) is 1.91. The van der Waals surface area contributed by atoms with E-state index in [9.17, 15) is 13.6 Å². The molecular weight excluding hydrogens is 258 g/mol. The van der Waals surface area contributed by atoms with Crippen molar-refractivity contribution in [2.24, 2.45) is 0 Å². The van der Waals surface area contributed by atoms with E-state index in [0.29, 0.717) is 6.54 Å². The first-order chi connectivity index (χ1) is 8.50. The Bertz CT molecular complexity index is 433. The first kappa shape index (κ1) is 13.4. The van der Waals surface area contributed by atoms with Gasteiger partial charge in [0.1, 0.15) is 0 Å². The number of amides is 1. The van der Waals surface area contributed by atoms with Crippen molar-refractivity contribution in [1.29, 1.82) is 0 Å². The summed E-state index contributed by atoms with van der Waals surface area (Å²) in [5, 5.41) is 5.23. The van der Waals surface area contributed by atoms with Crippen LogP contribution in [0, 0.1) is 0 Å². The number of hydrogen-bond donors (Lipinski definition) is 2. The fraction of sp³-hybridized carbons (Fsp3) is 0.583. The highest BCUT2D eigenvalue weighted by atomic mass is 32.1.